The highest BCUT2D eigenvalue weighted by Crippen LogP contribution is 2.36. The molecule has 182 valence electrons. The van der Waals surface area contributed by atoms with Crippen LogP contribution in [0.1, 0.15) is 17.8 Å². The number of fused-ring (bicyclic) bond motifs is 3. The number of halogens is 2. The van der Waals surface area contributed by atoms with Gasteiger partial charge in [0, 0.05) is 52.0 Å². The summed E-state index contributed by atoms with van der Waals surface area (Å²) in [5.74, 6) is -0.0621. The third kappa shape index (κ3) is 3.92. The molecule has 1 aliphatic carbocycles. The molecular weight excluding hydrogens is 517 g/mol. The van der Waals surface area contributed by atoms with E-state index in [1.165, 1.54) is 11.3 Å². The summed E-state index contributed by atoms with van der Waals surface area (Å²) < 4.78 is 9.06. The van der Waals surface area contributed by atoms with Gasteiger partial charge in [-0.25, -0.2) is 4.98 Å². The number of ether oxygens (including phenoxy) is 1. The summed E-state index contributed by atoms with van der Waals surface area (Å²) in [6.07, 6.45) is 1.84. The van der Waals surface area contributed by atoms with Crippen LogP contribution in [0.15, 0.2) is 52.6 Å². The lowest BCUT2D eigenvalue weighted by Crippen LogP contribution is -2.20. The van der Waals surface area contributed by atoms with Crippen LogP contribution in [-0.2, 0) is 30.2 Å². The maximum Gasteiger partial charge on any atom is 0.309 e. The molecule has 1 saturated carbocycles. The normalized spacial score (nSPS) is 13.6. The first-order valence-corrected chi connectivity index (χ1v) is 13.1. The van der Waals surface area contributed by atoms with E-state index in [1.54, 1.807) is 29.8 Å². The summed E-state index contributed by atoms with van der Waals surface area (Å²) in [5, 5.41) is 5.62. The van der Waals surface area contributed by atoms with Crippen molar-refractivity contribution in [2.75, 3.05) is 0 Å². The molecule has 1 aliphatic rings. The van der Waals surface area contributed by atoms with E-state index in [4.69, 9.17) is 32.9 Å². The minimum absolute atomic E-state index is 0.0711. The number of rotatable bonds is 5. The quantitative estimate of drug-likeness (QED) is 0.237. The zero-order chi connectivity index (χ0) is 25.1. The number of hydrogen-bond donors (Lipinski definition) is 0. The number of carbonyl (C=O) groups excluding carboxylic acids is 1. The van der Waals surface area contributed by atoms with Crippen LogP contribution in [-0.4, -0.2) is 20.1 Å². The van der Waals surface area contributed by atoms with Gasteiger partial charge in [-0.05, 0) is 43.2 Å². The zero-order valence-corrected chi connectivity index (χ0v) is 21.9. The van der Waals surface area contributed by atoms with Crippen LogP contribution in [0, 0.1) is 5.92 Å². The van der Waals surface area contributed by atoms with Gasteiger partial charge in [-0.2, -0.15) is 0 Å². The lowest BCUT2D eigenvalue weighted by atomic mass is 10.0. The van der Waals surface area contributed by atoms with Crippen LogP contribution >= 0.6 is 34.5 Å². The maximum atomic E-state index is 13.3. The molecule has 3 heterocycles. The molecule has 0 bridgehead atoms. The number of benzene rings is 2. The molecule has 6 rings (SSSR count). The number of esters is 1. The van der Waals surface area contributed by atoms with Crippen molar-refractivity contribution < 1.29 is 9.53 Å². The van der Waals surface area contributed by atoms with Crippen molar-refractivity contribution in [1.29, 1.82) is 0 Å². The summed E-state index contributed by atoms with van der Waals surface area (Å²) >= 11 is 14.0. The van der Waals surface area contributed by atoms with E-state index in [9.17, 15) is 9.59 Å². The molecule has 0 aliphatic heterocycles. The van der Waals surface area contributed by atoms with Gasteiger partial charge in [-0.15, -0.1) is 11.3 Å². The highest BCUT2D eigenvalue weighted by Gasteiger charge is 2.31. The molecule has 0 N–H and O–H groups in total. The summed E-state index contributed by atoms with van der Waals surface area (Å²) in [7, 11) is 3.72. The minimum atomic E-state index is -0.136. The molecule has 6 nitrogen and oxygen atoms in total. The van der Waals surface area contributed by atoms with E-state index in [0.29, 0.717) is 21.2 Å². The monoisotopic (exact) mass is 537 g/mol. The standard InChI is InChI=1S/C27H21Cl2N3O3S/c1-31-23-8-5-15(22-13-36-24(30-22)12-35-27(34)14-3-4-14)9-18(23)19-11-20(26(33)32(2)25(19)31)17-7-6-16(28)10-21(17)29/h5-11,13-14H,3-4,12H2,1-2H3. The van der Waals surface area contributed by atoms with Crippen LogP contribution in [0.2, 0.25) is 10.0 Å². The number of nitrogens with zero attached hydrogens (tertiary/aromatic N) is 3. The molecule has 0 saturated heterocycles. The maximum absolute atomic E-state index is 13.3. The Hall–Kier alpha value is -3.13. The smallest absolute Gasteiger partial charge is 0.309 e. The van der Waals surface area contributed by atoms with Crippen LogP contribution in [0.5, 0.6) is 0 Å². The molecule has 1 fully saturated rings. The molecule has 0 radical (unpaired) electrons. The van der Waals surface area contributed by atoms with Gasteiger partial charge >= 0.3 is 5.97 Å². The Morgan fingerprint density at radius 3 is 2.61 bits per heavy atom. The lowest BCUT2D eigenvalue weighted by molar-refractivity contribution is -0.146. The van der Waals surface area contributed by atoms with Crippen LogP contribution < -0.4 is 5.56 Å². The van der Waals surface area contributed by atoms with Crippen molar-refractivity contribution in [2.24, 2.45) is 20.0 Å². The second kappa shape index (κ2) is 8.76. The number of hydrogen-bond acceptors (Lipinski definition) is 5. The van der Waals surface area contributed by atoms with Crippen molar-refractivity contribution in [1.82, 2.24) is 14.1 Å². The Labute approximate surface area is 220 Å². The highest BCUT2D eigenvalue weighted by molar-refractivity contribution is 7.09. The van der Waals surface area contributed by atoms with Gasteiger partial charge in [0.2, 0.25) is 0 Å². The van der Waals surface area contributed by atoms with E-state index in [2.05, 4.69) is 6.07 Å². The number of aryl methyl sites for hydroxylation is 2. The van der Waals surface area contributed by atoms with Crippen molar-refractivity contribution in [3.05, 3.63) is 73.3 Å². The van der Waals surface area contributed by atoms with Gasteiger partial charge in [-0.1, -0.05) is 35.3 Å². The predicted molar refractivity (Wildman–Crippen MR) is 145 cm³/mol. The molecule has 2 aromatic carbocycles. The average molecular weight is 538 g/mol. The SMILES string of the molecule is Cn1c(=O)c(-c2ccc(Cl)cc2Cl)cc2c3cc(-c4csc(COC(=O)C5CC5)n4)ccc3n(C)c21. The van der Waals surface area contributed by atoms with E-state index < -0.39 is 0 Å². The Morgan fingerprint density at radius 2 is 1.86 bits per heavy atom. The number of thiazole rings is 1. The van der Waals surface area contributed by atoms with Gasteiger partial charge in [0.25, 0.3) is 5.56 Å². The summed E-state index contributed by atoms with van der Waals surface area (Å²) in [6.45, 7) is 0.198. The Bertz CT molecular complexity index is 1750. The molecule has 0 spiro atoms. The average Bonchev–Trinajstić information content (AvgIpc) is 3.54. The van der Waals surface area contributed by atoms with E-state index in [-0.39, 0.29) is 24.1 Å². The van der Waals surface area contributed by atoms with E-state index in [1.807, 2.05) is 35.2 Å². The summed E-state index contributed by atoms with van der Waals surface area (Å²) in [6, 6.07) is 13.2. The Balaban J connectivity index is 1.45. The number of carbonyl (C=O) groups is 1. The fourth-order valence-corrected chi connectivity index (χ4v) is 5.85. The van der Waals surface area contributed by atoms with Gasteiger partial charge < -0.3 is 9.30 Å². The van der Waals surface area contributed by atoms with E-state index in [0.717, 1.165) is 51.0 Å². The molecule has 5 aromatic rings. The van der Waals surface area contributed by atoms with Gasteiger partial charge in [0.15, 0.2) is 0 Å². The second-order valence-corrected chi connectivity index (χ2v) is 10.9. The predicted octanol–water partition coefficient (Wildman–Crippen LogP) is 6.58. The Kier molecular flexibility index (Phi) is 5.67. The number of aromatic nitrogens is 3. The summed E-state index contributed by atoms with van der Waals surface area (Å²) in [4.78, 5) is 29.9. The molecular formula is C27H21Cl2N3O3S. The Morgan fingerprint density at radius 1 is 1.06 bits per heavy atom. The first-order chi connectivity index (χ1) is 17.3. The topological polar surface area (TPSA) is 66.1 Å². The largest absolute Gasteiger partial charge is 0.458 e. The van der Waals surface area contributed by atoms with E-state index >= 15 is 0 Å². The first-order valence-electron chi connectivity index (χ1n) is 11.5. The van der Waals surface area contributed by atoms with Crippen molar-refractivity contribution in [3.63, 3.8) is 0 Å². The fourth-order valence-electron chi connectivity index (χ4n) is 4.63. The van der Waals surface area contributed by atoms with Gasteiger partial charge in [0.1, 0.15) is 17.3 Å². The first kappa shape index (κ1) is 23.3. The van der Waals surface area contributed by atoms with Crippen LogP contribution in [0.25, 0.3) is 44.3 Å². The lowest BCUT2D eigenvalue weighted by Gasteiger charge is -2.09. The minimum Gasteiger partial charge on any atom is -0.458 e. The highest BCUT2D eigenvalue weighted by atomic mass is 35.5. The fraction of sp³-hybridized carbons (Fsp3) is 0.222. The number of pyridine rings is 1. The van der Waals surface area contributed by atoms with Gasteiger partial charge in [0.05, 0.1) is 22.2 Å². The van der Waals surface area contributed by atoms with Crippen molar-refractivity contribution in [3.8, 4) is 22.4 Å². The molecule has 9 heteroatoms. The molecule has 3 aromatic heterocycles. The van der Waals surface area contributed by atoms with Crippen LogP contribution in [0.3, 0.4) is 0 Å². The molecule has 0 unspecified atom stereocenters. The third-order valence-electron chi connectivity index (χ3n) is 6.67. The molecule has 36 heavy (non-hydrogen) atoms. The van der Waals surface area contributed by atoms with Crippen molar-refractivity contribution in [2.45, 2.75) is 19.4 Å². The third-order valence-corrected chi connectivity index (χ3v) is 8.04. The molecule has 0 atom stereocenters. The van der Waals surface area contributed by atoms with Crippen LogP contribution in [0.4, 0.5) is 0 Å². The van der Waals surface area contributed by atoms with Gasteiger partial charge in [-0.3, -0.25) is 14.2 Å². The second-order valence-electron chi connectivity index (χ2n) is 9.08. The zero-order valence-electron chi connectivity index (χ0n) is 19.5. The molecule has 0 amide bonds. The van der Waals surface area contributed by atoms with Crippen molar-refractivity contribution >= 4 is 62.4 Å². The summed E-state index contributed by atoms with van der Waals surface area (Å²) in [5.41, 5.74) is 4.60.